The van der Waals surface area contributed by atoms with E-state index < -0.39 is 5.97 Å². The highest BCUT2D eigenvalue weighted by atomic mass is 16.4. The molecule has 212 valence electrons. The number of rotatable bonds is 17. The number of hydrogen-bond acceptors (Lipinski definition) is 3. The molecule has 0 amide bonds. The number of carboxylic acids is 1. The Labute approximate surface area is 236 Å². The minimum absolute atomic E-state index is 0.0297. The SMILES string of the molecule is CCCCCCCCC1C=CC(/C=C\c2ccc(C(=O)O)o2)=C2N=C3CCCC(CCCCCCCC)C3=C21. The van der Waals surface area contributed by atoms with Gasteiger partial charge >= 0.3 is 5.97 Å². The molecule has 2 unspecified atom stereocenters. The van der Waals surface area contributed by atoms with Gasteiger partial charge in [-0.05, 0) is 73.5 Å². The van der Waals surface area contributed by atoms with Crippen LogP contribution in [0.4, 0.5) is 0 Å². The summed E-state index contributed by atoms with van der Waals surface area (Å²) in [5.41, 5.74) is 6.71. The van der Waals surface area contributed by atoms with Crippen LogP contribution in [-0.4, -0.2) is 16.8 Å². The zero-order chi connectivity index (χ0) is 27.5. The smallest absolute Gasteiger partial charge is 0.371 e. The van der Waals surface area contributed by atoms with Gasteiger partial charge < -0.3 is 9.52 Å². The minimum atomic E-state index is -1.04. The average molecular weight is 532 g/mol. The van der Waals surface area contributed by atoms with E-state index >= 15 is 0 Å². The number of furan rings is 1. The third kappa shape index (κ3) is 7.96. The van der Waals surface area contributed by atoms with E-state index in [1.165, 1.54) is 120 Å². The molecule has 4 heteroatoms. The molecule has 2 heterocycles. The van der Waals surface area contributed by atoms with Crippen LogP contribution in [-0.2, 0) is 0 Å². The molecule has 1 aromatic heterocycles. The molecular formula is C35H49NO3. The van der Waals surface area contributed by atoms with E-state index in [9.17, 15) is 9.90 Å². The molecule has 1 aromatic rings. The summed E-state index contributed by atoms with van der Waals surface area (Å²) in [6.07, 6.45) is 30.7. The minimum Gasteiger partial charge on any atom is -0.475 e. The molecule has 3 aliphatic rings. The topological polar surface area (TPSA) is 62.8 Å². The summed E-state index contributed by atoms with van der Waals surface area (Å²) in [7, 11) is 0. The third-order valence-electron chi connectivity index (χ3n) is 8.67. The molecule has 1 N–H and O–H groups in total. The average Bonchev–Trinajstić information content (AvgIpc) is 3.58. The van der Waals surface area contributed by atoms with Gasteiger partial charge in [-0.1, -0.05) is 103 Å². The lowest BCUT2D eigenvalue weighted by atomic mass is 9.74. The van der Waals surface area contributed by atoms with Gasteiger partial charge in [0.15, 0.2) is 0 Å². The Morgan fingerprint density at radius 1 is 0.923 bits per heavy atom. The second kappa shape index (κ2) is 15.2. The number of aliphatic imine (C=N–C) groups is 1. The van der Waals surface area contributed by atoms with Crippen LogP contribution >= 0.6 is 0 Å². The Bertz CT molecular complexity index is 1110. The lowest BCUT2D eigenvalue weighted by Crippen LogP contribution is -2.20. The maximum atomic E-state index is 11.2. The number of hydrogen-bond donors (Lipinski definition) is 1. The lowest BCUT2D eigenvalue weighted by Gasteiger charge is -2.29. The monoisotopic (exact) mass is 531 g/mol. The van der Waals surface area contributed by atoms with Crippen LogP contribution in [0.3, 0.4) is 0 Å². The van der Waals surface area contributed by atoms with Crippen molar-refractivity contribution in [1.82, 2.24) is 0 Å². The molecule has 39 heavy (non-hydrogen) atoms. The first-order valence-electron chi connectivity index (χ1n) is 15.9. The van der Waals surface area contributed by atoms with Crippen molar-refractivity contribution < 1.29 is 14.3 Å². The number of aromatic carboxylic acids is 1. The Hall–Kier alpha value is -2.62. The summed E-state index contributed by atoms with van der Waals surface area (Å²) in [6, 6.07) is 3.23. The van der Waals surface area contributed by atoms with Gasteiger partial charge in [0.2, 0.25) is 5.76 Å². The van der Waals surface area contributed by atoms with Crippen LogP contribution < -0.4 is 0 Å². The molecule has 0 aromatic carbocycles. The van der Waals surface area contributed by atoms with Gasteiger partial charge in [0.25, 0.3) is 0 Å². The summed E-state index contributed by atoms with van der Waals surface area (Å²) >= 11 is 0. The van der Waals surface area contributed by atoms with Gasteiger partial charge in [-0.25, -0.2) is 4.79 Å². The highest BCUT2D eigenvalue weighted by molar-refractivity contribution is 6.06. The van der Waals surface area contributed by atoms with Gasteiger partial charge in [-0.15, -0.1) is 0 Å². The van der Waals surface area contributed by atoms with Crippen molar-refractivity contribution in [3.8, 4) is 0 Å². The van der Waals surface area contributed by atoms with E-state index in [1.807, 2.05) is 6.08 Å². The lowest BCUT2D eigenvalue weighted by molar-refractivity contribution is 0.0662. The second-order valence-electron chi connectivity index (χ2n) is 11.7. The third-order valence-corrected chi connectivity index (χ3v) is 8.67. The molecule has 0 radical (unpaired) electrons. The number of unbranched alkanes of at least 4 members (excludes halogenated alkanes) is 10. The molecule has 1 saturated carbocycles. The van der Waals surface area contributed by atoms with Gasteiger partial charge in [0.05, 0.1) is 5.70 Å². The summed E-state index contributed by atoms with van der Waals surface area (Å²) in [6.45, 7) is 4.56. The number of fused-ring (bicyclic) bond motifs is 2. The van der Waals surface area contributed by atoms with E-state index in [0.717, 1.165) is 17.7 Å². The van der Waals surface area contributed by atoms with Crippen molar-refractivity contribution in [3.63, 3.8) is 0 Å². The fourth-order valence-corrected chi connectivity index (χ4v) is 6.54. The van der Waals surface area contributed by atoms with E-state index in [1.54, 1.807) is 11.6 Å². The molecule has 4 nitrogen and oxygen atoms in total. The van der Waals surface area contributed by atoms with Crippen LogP contribution in [0.2, 0.25) is 0 Å². The predicted molar refractivity (Wildman–Crippen MR) is 162 cm³/mol. The van der Waals surface area contributed by atoms with Crippen LogP contribution in [0.25, 0.3) is 6.08 Å². The Morgan fingerprint density at radius 2 is 1.62 bits per heavy atom. The zero-order valence-electron chi connectivity index (χ0n) is 24.4. The van der Waals surface area contributed by atoms with Crippen molar-refractivity contribution >= 4 is 17.8 Å². The van der Waals surface area contributed by atoms with Crippen molar-refractivity contribution in [2.45, 2.75) is 123 Å². The first-order valence-corrected chi connectivity index (χ1v) is 15.9. The summed E-state index contributed by atoms with van der Waals surface area (Å²) in [4.78, 5) is 16.5. The molecule has 1 fully saturated rings. The van der Waals surface area contributed by atoms with E-state index in [2.05, 4.69) is 32.1 Å². The van der Waals surface area contributed by atoms with Gasteiger partial charge in [0, 0.05) is 17.2 Å². The van der Waals surface area contributed by atoms with Crippen molar-refractivity contribution in [3.05, 3.63) is 64.3 Å². The molecule has 0 spiro atoms. The number of carbonyl (C=O) groups is 1. The normalized spacial score (nSPS) is 20.6. The molecular weight excluding hydrogens is 482 g/mol. The fourth-order valence-electron chi connectivity index (χ4n) is 6.54. The van der Waals surface area contributed by atoms with Crippen LogP contribution in [0.1, 0.15) is 139 Å². The zero-order valence-corrected chi connectivity index (χ0v) is 24.4. The van der Waals surface area contributed by atoms with E-state index in [0.29, 0.717) is 17.6 Å². The Morgan fingerprint density at radius 3 is 2.31 bits per heavy atom. The molecule has 2 aliphatic carbocycles. The largest absolute Gasteiger partial charge is 0.475 e. The standard InChI is InChI=1S/C35H49NO3/c1-3-5-7-9-11-13-16-26-18-15-19-30-32(26)33-27(17-14-12-10-8-6-4-2)20-21-28(34(33)36-30)22-23-29-24-25-31(39-29)35(37)38/h20-27H,3-19H2,1-2H3,(H,37,38)/b23-22-. The first-order chi connectivity index (χ1) is 19.1. The summed E-state index contributed by atoms with van der Waals surface area (Å²) in [5.74, 6) is 0.580. The highest BCUT2D eigenvalue weighted by Gasteiger charge is 2.36. The Balaban J connectivity index is 1.54. The predicted octanol–water partition coefficient (Wildman–Crippen LogP) is 10.5. The van der Waals surface area contributed by atoms with Crippen molar-refractivity contribution in [1.29, 1.82) is 0 Å². The van der Waals surface area contributed by atoms with Crippen molar-refractivity contribution in [2.24, 2.45) is 16.8 Å². The quantitative estimate of drug-likeness (QED) is 0.203. The van der Waals surface area contributed by atoms with Gasteiger partial charge in [0.1, 0.15) is 5.76 Å². The second-order valence-corrected chi connectivity index (χ2v) is 11.7. The van der Waals surface area contributed by atoms with E-state index in [-0.39, 0.29) is 5.76 Å². The summed E-state index contributed by atoms with van der Waals surface area (Å²) in [5, 5.41) is 9.20. The molecule has 0 saturated heterocycles. The number of nitrogens with zero attached hydrogens (tertiary/aromatic N) is 1. The molecule has 0 bridgehead atoms. The molecule has 2 atom stereocenters. The van der Waals surface area contributed by atoms with Gasteiger partial charge in [-0.3, -0.25) is 4.99 Å². The molecule has 1 aliphatic heterocycles. The van der Waals surface area contributed by atoms with Crippen LogP contribution in [0.15, 0.2) is 62.2 Å². The maximum Gasteiger partial charge on any atom is 0.371 e. The van der Waals surface area contributed by atoms with E-state index in [4.69, 9.17) is 9.41 Å². The van der Waals surface area contributed by atoms with Crippen LogP contribution in [0, 0.1) is 11.8 Å². The number of allylic oxidation sites excluding steroid dienone is 6. The fraction of sp³-hybridized carbons (Fsp3) is 0.600. The summed E-state index contributed by atoms with van der Waals surface area (Å²) < 4.78 is 5.47. The molecule has 4 rings (SSSR count). The Kier molecular flexibility index (Phi) is 11.5. The number of carboxylic acid groups (broad SMARTS) is 1. The maximum absolute atomic E-state index is 11.2. The van der Waals surface area contributed by atoms with Crippen LogP contribution in [0.5, 0.6) is 0 Å². The van der Waals surface area contributed by atoms with Gasteiger partial charge in [-0.2, -0.15) is 0 Å². The highest BCUT2D eigenvalue weighted by Crippen LogP contribution is 2.47. The first kappa shape index (κ1) is 29.4. The van der Waals surface area contributed by atoms with Crippen molar-refractivity contribution in [2.75, 3.05) is 0 Å².